The Morgan fingerprint density at radius 2 is 2.04 bits per heavy atom. The average molecular weight is 364 g/mol. The lowest BCUT2D eigenvalue weighted by Gasteiger charge is -2.32. The molecule has 3 rings (SSSR count). The fraction of sp³-hybridized carbons (Fsp3) is 0.353. The third-order valence-electron chi connectivity index (χ3n) is 3.95. The Kier molecular flexibility index (Phi) is 4.67. The maximum Gasteiger partial charge on any atom is 0.338 e. The van der Waals surface area contributed by atoms with Crippen LogP contribution in [0.1, 0.15) is 25.5 Å². The van der Waals surface area contributed by atoms with Crippen molar-refractivity contribution in [3.05, 3.63) is 46.1 Å². The largest absolute Gasteiger partial charge is 0.456 e. The van der Waals surface area contributed by atoms with Gasteiger partial charge in [0.25, 0.3) is 0 Å². The minimum atomic E-state index is -0.626. The summed E-state index contributed by atoms with van der Waals surface area (Å²) in [6, 6.07) is 5.74. The zero-order chi connectivity index (χ0) is 18.1. The molecule has 0 fully saturated rings. The van der Waals surface area contributed by atoms with Crippen LogP contribution in [0.3, 0.4) is 0 Å². The number of hydrogen-bond donors (Lipinski definition) is 2. The number of benzene rings is 1. The number of hydrogen-bond acceptors (Lipinski definition) is 4. The highest BCUT2D eigenvalue weighted by Gasteiger charge is 2.42. The predicted molar refractivity (Wildman–Crippen MR) is 90.7 cm³/mol. The molecule has 1 aromatic carbocycles. The Morgan fingerprint density at radius 1 is 1.36 bits per heavy atom. The first-order valence-corrected chi connectivity index (χ1v) is 8.27. The molecular weight excluding hydrogens is 346 g/mol. The van der Waals surface area contributed by atoms with Crippen molar-refractivity contribution in [3.63, 3.8) is 0 Å². The summed E-state index contributed by atoms with van der Waals surface area (Å²) in [5.74, 6) is -0.800. The fourth-order valence-electron chi connectivity index (χ4n) is 2.89. The molecule has 0 saturated carbocycles. The van der Waals surface area contributed by atoms with Crippen LogP contribution >= 0.6 is 11.6 Å². The number of carbonyl (C=O) groups is 3. The van der Waals surface area contributed by atoms with Gasteiger partial charge in [0.05, 0.1) is 17.3 Å². The van der Waals surface area contributed by atoms with Gasteiger partial charge in [-0.05, 0) is 31.5 Å². The number of rotatable bonds is 4. The van der Waals surface area contributed by atoms with Crippen molar-refractivity contribution < 1.29 is 19.1 Å². The third kappa shape index (κ3) is 3.46. The minimum absolute atomic E-state index is 0.0271. The van der Waals surface area contributed by atoms with Gasteiger partial charge >= 0.3 is 12.0 Å². The van der Waals surface area contributed by atoms with Gasteiger partial charge in [-0.1, -0.05) is 23.7 Å². The molecule has 0 unspecified atom stereocenters. The molecule has 8 heteroatoms. The molecule has 2 aliphatic heterocycles. The number of cyclic esters (lactones) is 1. The molecule has 0 radical (unpaired) electrons. The molecule has 0 aromatic heterocycles. The van der Waals surface area contributed by atoms with Crippen LogP contribution < -0.4 is 10.6 Å². The zero-order valence-electron chi connectivity index (χ0n) is 13.8. The summed E-state index contributed by atoms with van der Waals surface area (Å²) < 4.78 is 5.11. The fourth-order valence-corrected chi connectivity index (χ4v) is 3.02. The lowest BCUT2D eigenvalue weighted by atomic mass is 9.96. The van der Waals surface area contributed by atoms with Crippen LogP contribution in [0.5, 0.6) is 0 Å². The van der Waals surface area contributed by atoms with Crippen LogP contribution in [-0.4, -0.2) is 42.0 Å². The molecule has 0 spiro atoms. The predicted octanol–water partition coefficient (Wildman–Crippen LogP) is 1.74. The Balaban J connectivity index is 1.93. The highest BCUT2D eigenvalue weighted by Crippen LogP contribution is 2.35. The summed E-state index contributed by atoms with van der Waals surface area (Å²) in [6.07, 6.45) is 0. The number of halogens is 1. The monoisotopic (exact) mass is 363 g/mol. The first-order valence-electron chi connectivity index (χ1n) is 7.90. The van der Waals surface area contributed by atoms with Gasteiger partial charge in [0.2, 0.25) is 5.91 Å². The van der Waals surface area contributed by atoms with E-state index in [1.807, 2.05) is 13.8 Å². The molecule has 132 valence electrons. The molecule has 0 saturated heterocycles. The third-order valence-corrected chi connectivity index (χ3v) is 4.20. The van der Waals surface area contributed by atoms with Crippen LogP contribution in [0.15, 0.2) is 35.5 Å². The van der Waals surface area contributed by atoms with Gasteiger partial charge < -0.3 is 15.4 Å². The summed E-state index contributed by atoms with van der Waals surface area (Å²) in [5, 5.41) is 6.05. The molecule has 1 aromatic rings. The van der Waals surface area contributed by atoms with Gasteiger partial charge in [0.15, 0.2) is 0 Å². The molecule has 7 nitrogen and oxygen atoms in total. The number of carbonyl (C=O) groups excluding carboxylic acids is 3. The van der Waals surface area contributed by atoms with Gasteiger partial charge in [0.1, 0.15) is 13.2 Å². The highest BCUT2D eigenvalue weighted by molar-refractivity contribution is 6.30. The standard InChI is InChI=1S/C17H18ClN3O4/c1-9(2)19-13(22)7-21-12-8-25-16(23)14(12)15(20-17(21)24)10-3-5-11(18)6-4-10/h3-6,9,15H,7-8H2,1-2H3,(H,19,22)(H,20,24)/t15-/m1/s1. The summed E-state index contributed by atoms with van der Waals surface area (Å²) in [6.45, 7) is 3.46. The van der Waals surface area contributed by atoms with Crippen LogP contribution in [0, 0.1) is 0 Å². The number of esters is 1. The van der Waals surface area contributed by atoms with Crippen molar-refractivity contribution in [2.75, 3.05) is 13.2 Å². The van der Waals surface area contributed by atoms with Crippen molar-refractivity contribution in [2.45, 2.75) is 25.9 Å². The molecular formula is C17H18ClN3O4. The number of urea groups is 1. The van der Waals surface area contributed by atoms with E-state index in [4.69, 9.17) is 16.3 Å². The van der Waals surface area contributed by atoms with Crippen molar-refractivity contribution in [3.8, 4) is 0 Å². The van der Waals surface area contributed by atoms with E-state index < -0.39 is 18.0 Å². The Labute approximate surface area is 150 Å². The smallest absolute Gasteiger partial charge is 0.338 e. The van der Waals surface area contributed by atoms with E-state index in [1.165, 1.54) is 4.90 Å². The number of nitrogens with zero attached hydrogens (tertiary/aromatic N) is 1. The Morgan fingerprint density at radius 3 is 2.68 bits per heavy atom. The van der Waals surface area contributed by atoms with Gasteiger partial charge in [0, 0.05) is 11.1 Å². The van der Waals surface area contributed by atoms with E-state index in [9.17, 15) is 14.4 Å². The molecule has 1 atom stereocenters. The minimum Gasteiger partial charge on any atom is -0.456 e. The highest BCUT2D eigenvalue weighted by atomic mass is 35.5. The normalized spacial score (nSPS) is 19.7. The molecule has 2 aliphatic rings. The van der Waals surface area contributed by atoms with Gasteiger partial charge in [-0.15, -0.1) is 0 Å². The maximum absolute atomic E-state index is 12.5. The van der Waals surface area contributed by atoms with Crippen molar-refractivity contribution in [1.82, 2.24) is 15.5 Å². The van der Waals surface area contributed by atoms with Gasteiger partial charge in [-0.25, -0.2) is 9.59 Å². The van der Waals surface area contributed by atoms with Crippen molar-refractivity contribution >= 4 is 29.5 Å². The second kappa shape index (κ2) is 6.76. The molecule has 2 N–H and O–H groups in total. The van der Waals surface area contributed by atoms with Crippen LogP contribution in [0.4, 0.5) is 4.79 Å². The number of amides is 3. The first-order chi connectivity index (χ1) is 11.9. The van der Waals surface area contributed by atoms with Crippen molar-refractivity contribution in [1.29, 1.82) is 0 Å². The van der Waals surface area contributed by atoms with Crippen LogP contribution in [-0.2, 0) is 14.3 Å². The SMILES string of the molecule is CC(C)NC(=O)CN1C(=O)N[C@H](c2ccc(Cl)cc2)C2=C1COC2=O. The summed E-state index contributed by atoms with van der Waals surface area (Å²) in [7, 11) is 0. The second-order valence-corrected chi connectivity index (χ2v) is 6.62. The van der Waals surface area contributed by atoms with Gasteiger partial charge in [-0.3, -0.25) is 9.69 Å². The topological polar surface area (TPSA) is 87.7 Å². The number of nitrogens with one attached hydrogen (secondary N) is 2. The van der Waals surface area contributed by atoms with E-state index in [2.05, 4.69) is 10.6 Å². The Hall–Kier alpha value is -2.54. The summed E-state index contributed by atoms with van der Waals surface area (Å²) >= 11 is 5.90. The van der Waals surface area contributed by atoms with E-state index in [0.29, 0.717) is 16.3 Å². The Bertz CT molecular complexity index is 758. The number of ether oxygens (including phenoxy) is 1. The van der Waals surface area contributed by atoms with E-state index in [0.717, 1.165) is 5.56 Å². The van der Waals surface area contributed by atoms with E-state index in [-0.39, 0.29) is 25.1 Å². The van der Waals surface area contributed by atoms with E-state index >= 15 is 0 Å². The lowest BCUT2D eigenvalue weighted by molar-refractivity contribution is -0.136. The van der Waals surface area contributed by atoms with Gasteiger partial charge in [-0.2, -0.15) is 0 Å². The molecule has 3 amide bonds. The van der Waals surface area contributed by atoms with Crippen LogP contribution in [0.2, 0.25) is 5.02 Å². The molecule has 0 aliphatic carbocycles. The van der Waals surface area contributed by atoms with Crippen molar-refractivity contribution in [2.24, 2.45) is 0 Å². The van der Waals surface area contributed by atoms with Crippen LogP contribution in [0.25, 0.3) is 0 Å². The average Bonchev–Trinajstić information content (AvgIpc) is 2.92. The maximum atomic E-state index is 12.5. The second-order valence-electron chi connectivity index (χ2n) is 6.18. The molecule has 2 heterocycles. The lowest BCUT2D eigenvalue weighted by Crippen LogP contribution is -2.51. The van der Waals surface area contributed by atoms with E-state index in [1.54, 1.807) is 24.3 Å². The summed E-state index contributed by atoms with van der Waals surface area (Å²) in [4.78, 5) is 38.0. The first kappa shape index (κ1) is 17.3. The quantitative estimate of drug-likeness (QED) is 0.798. The molecule has 0 bridgehead atoms. The summed E-state index contributed by atoms with van der Waals surface area (Å²) in [5.41, 5.74) is 1.49. The zero-order valence-corrected chi connectivity index (χ0v) is 14.6. The molecule has 25 heavy (non-hydrogen) atoms.